The number of rotatable bonds is 3. The normalized spacial score (nSPS) is 17.5. The van der Waals surface area contributed by atoms with Gasteiger partial charge in [0.05, 0.1) is 0 Å². The molecule has 1 aliphatic rings. The van der Waals surface area contributed by atoms with Gasteiger partial charge < -0.3 is 10.0 Å². The number of carbonyl (C=O) groups is 1. The zero-order valence-electron chi connectivity index (χ0n) is 10.6. The van der Waals surface area contributed by atoms with Crippen LogP contribution in [0.1, 0.15) is 18.9 Å². The number of aliphatic carboxylic acids is 1. The minimum Gasteiger partial charge on any atom is -0.480 e. The number of sulfonamides is 1. The van der Waals surface area contributed by atoms with E-state index in [1.54, 1.807) is 32.2 Å². The zero-order chi connectivity index (χ0) is 14.2. The van der Waals surface area contributed by atoms with E-state index in [2.05, 4.69) is 4.40 Å². The average Bonchev–Trinajstić information content (AvgIpc) is 2.63. The molecule has 1 aromatic carbocycles. The fraction of sp³-hybridized carbons (Fsp3) is 0.333. The summed E-state index contributed by atoms with van der Waals surface area (Å²) in [6, 6.07) is 5.61. The summed E-state index contributed by atoms with van der Waals surface area (Å²) < 4.78 is 27.5. The Bertz CT molecular complexity index is 651. The molecule has 102 valence electrons. The van der Waals surface area contributed by atoms with Gasteiger partial charge in [-0.05, 0) is 18.6 Å². The molecule has 0 spiro atoms. The van der Waals surface area contributed by atoms with Crippen molar-refractivity contribution >= 4 is 21.8 Å². The average molecular weight is 282 g/mol. The van der Waals surface area contributed by atoms with E-state index in [9.17, 15) is 13.2 Å². The molecule has 6 nitrogen and oxygen atoms in total. The second kappa shape index (κ2) is 4.65. The van der Waals surface area contributed by atoms with Crippen LogP contribution in [0.5, 0.6) is 0 Å². The lowest BCUT2D eigenvalue weighted by Crippen LogP contribution is -2.41. The van der Waals surface area contributed by atoms with Gasteiger partial charge in [-0.15, -0.1) is 4.40 Å². The molecule has 0 aromatic heterocycles. The van der Waals surface area contributed by atoms with Crippen LogP contribution >= 0.6 is 0 Å². The van der Waals surface area contributed by atoms with Crippen molar-refractivity contribution in [3.63, 3.8) is 0 Å². The van der Waals surface area contributed by atoms with E-state index in [0.29, 0.717) is 12.0 Å². The molecule has 0 amide bonds. The van der Waals surface area contributed by atoms with Crippen LogP contribution in [0.2, 0.25) is 0 Å². The molecule has 1 aliphatic heterocycles. The highest BCUT2D eigenvalue weighted by Gasteiger charge is 2.34. The van der Waals surface area contributed by atoms with E-state index < -0.39 is 22.0 Å². The van der Waals surface area contributed by atoms with E-state index >= 15 is 0 Å². The summed E-state index contributed by atoms with van der Waals surface area (Å²) in [7, 11) is -2.17. The lowest BCUT2D eigenvalue weighted by molar-refractivity contribution is -0.141. The molecule has 0 bridgehead atoms. The summed E-state index contributed by atoms with van der Waals surface area (Å²) in [5, 5.41) is 9.14. The predicted octanol–water partition coefficient (Wildman–Crippen LogP) is 0.930. The van der Waals surface area contributed by atoms with Gasteiger partial charge in [0.1, 0.15) is 10.9 Å². The molecule has 0 aliphatic carbocycles. The minimum atomic E-state index is -3.71. The van der Waals surface area contributed by atoms with E-state index in [4.69, 9.17) is 5.11 Å². The molecular formula is C12H14N2O4S. The SMILES string of the molecule is CCC(C(=O)O)N(C)C1=NS(=O)(=O)c2ccccc21. The van der Waals surface area contributed by atoms with Crippen LogP contribution in [0.3, 0.4) is 0 Å². The second-order valence-corrected chi connectivity index (χ2v) is 5.83. The summed E-state index contributed by atoms with van der Waals surface area (Å²) in [6.45, 7) is 1.73. The lowest BCUT2D eigenvalue weighted by atomic mass is 10.1. The molecule has 1 N–H and O–H groups in total. The van der Waals surface area contributed by atoms with Crippen LogP contribution in [0, 0.1) is 0 Å². The first-order valence-electron chi connectivity index (χ1n) is 5.78. The summed E-state index contributed by atoms with van der Waals surface area (Å²) in [5.41, 5.74) is 0.449. The molecule has 0 saturated carbocycles. The number of nitrogens with zero attached hydrogens (tertiary/aromatic N) is 2. The van der Waals surface area contributed by atoms with E-state index in [1.807, 2.05) is 0 Å². The van der Waals surface area contributed by atoms with Gasteiger partial charge >= 0.3 is 5.97 Å². The number of likely N-dealkylation sites (N-methyl/N-ethyl adjacent to an activating group) is 1. The Morgan fingerprint density at radius 3 is 2.63 bits per heavy atom. The Morgan fingerprint density at radius 1 is 1.42 bits per heavy atom. The van der Waals surface area contributed by atoms with Gasteiger partial charge in [-0.25, -0.2) is 4.79 Å². The van der Waals surface area contributed by atoms with Gasteiger partial charge in [-0.3, -0.25) is 0 Å². The number of carboxylic acids is 1. The van der Waals surface area contributed by atoms with Gasteiger partial charge in [0.25, 0.3) is 10.0 Å². The first kappa shape index (κ1) is 13.5. The van der Waals surface area contributed by atoms with Crippen LogP contribution in [-0.4, -0.2) is 43.3 Å². The molecule has 1 atom stereocenters. The lowest BCUT2D eigenvalue weighted by Gasteiger charge is -2.25. The van der Waals surface area contributed by atoms with Gasteiger partial charge in [-0.2, -0.15) is 8.42 Å². The highest BCUT2D eigenvalue weighted by molar-refractivity contribution is 7.90. The number of hydrogen-bond acceptors (Lipinski definition) is 4. The molecular weight excluding hydrogens is 268 g/mol. The molecule has 1 aromatic rings. The summed E-state index contributed by atoms with van der Waals surface area (Å²) in [6.07, 6.45) is 0.354. The summed E-state index contributed by atoms with van der Waals surface area (Å²) in [5.74, 6) is -0.820. The number of hydrogen-bond donors (Lipinski definition) is 1. The maximum Gasteiger partial charge on any atom is 0.326 e. The Balaban J connectivity index is 2.51. The highest BCUT2D eigenvalue weighted by atomic mass is 32.2. The third-order valence-electron chi connectivity index (χ3n) is 3.09. The molecule has 0 fully saturated rings. The van der Waals surface area contributed by atoms with Crippen molar-refractivity contribution in [2.75, 3.05) is 7.05 Å². The zero-order valence-corrected chi connectivity index (χ0v) is 11.4. The van der Waals surface area contributed by atoms with Crippen molar-refractivity contribution in [2.24, 2.45) is 4.40 Å². The highest BCUT2D eigenvalue weighted by Crippen LogP contribution is 2.27. The number of carboxylic acid groups (broad SMARTS) is 1. The van der Waals surface area contributed by atoms with E-state index in [-0.39, 0.29) is 10.7 Å². The van der Waals surface area contributed by atoms with Gasteiger partial charge in [-0.1, -0.05) is 19.1 Å². The van der Waals surface area contributed by atoms with Gasteiger partial charge in [0.2, 0.25) is 0 Å². The van der Waals surface area contributed by atoms with Crippen molar-refractivity contribution in [3.05, 3.63) is 29.8 Å². The van der Waals surface area contributed by atoms with Gasteiger partial charge in [0.15, 0.2) is 5.84 Å². The number of amidine groups is 1. The van der Waals surface area contributed by atoms with Crippen LogP contribution < -0.4 is 0 Å². The smallest absolute Gasteiger partial charge is 0.326 e. The largest absolute Gasteiger partial charge is 0.480 e. The van der Waals surface area contributed by atoms with Crippen LogP contribution in [0.15, 0.2) is 33.6 Å². The van der Waals surface area contributed by atoms with Crippen molar-refractivity contribution in [1.82, 2.24) is 4.90 Å². The standard InChI is InChI=1S/C12H14N2O4S/c1-3-9(12(15)16)14(2)11-8-6-4-5-7-10(8)19(17,18)13-11/h4-7,9H,3H2,1-2H3,(H,15,16). The Kier molecular flexibility index (Phi) is 3.32. The molecule has 1 heterocycles. The fourth-order valence-electron chi connectivity index (χ4n) is 2.10. The third-order valence-corrected chi connectivity index (χ3v) is 4.41. The Labute approximate surface area is 111 Å². The van der Waals surface area contributed by atoms with Crippen LogP contribution in [-0.2, 0) is 14.8 Å². The van der Waals surface area contributed by atoms with E-state index in [0.717, 1.165) is 0 Å². The van der Waals surface area contributed by atoms with Crippen molar-refractivity contribution in [3.8, 4) is 0 Å². The molecule has 7 heteroatoms. The molecule has 2 rings (SSSR count). The Morgan fingerprint density at radius 2 is 2.05 bits per heavy atom. The summed E-state index contributed by atoms with van der Waals surface area (Å²) in [4.78, 5) is 12.7. The van der Waals surface area contributed by atoms with Crippen LogP contribution in [0.4, 0.5) is 0 Å². The maximum atomic E-state index is 11.9. The van der Waals surface area contributed by atoms with Crippen molar-refractivity contribution in [1.29, 1.82) is 0 Å². The fourth-order valence-corrected chi connectivity index (χ4v) is 3.35. The molecule has 0 saturated heterocycles. The number of fused-ring (bicyclic) bond motifs is 1. The molecule has 0 radical (unpaired) electrons. The molecule has 19 heavy (non-hydrogen) atoms. The maximum absolute atomic E-state index is 11.9. The topological polar surface area (TPSA) is 87.0 Å². The van der Waals surface area contributed by atoms with Gasteiger partial charge in [0, 0.05) is 12.6 Å². The first-order valence-corrected chi connectivity index (χ1v) is 7.22. The minimum absolute atomic E-state index is 0.122. The second-order valence-electron chi connectivity index (χ2n) is 4.26. The Hall–Kier alpha value is -1.89. The third kappa shape index (κ3) is 2.21. The summed E-state index contributed by atoms with van der Waals surface area (Å²) >= 11 is 0. The predicted molar refractivity (Wildman–Crippen MR) is 69.6 cm³/mol. The molecule has 1 unspecified atom stereocenters. The number of benzene rings is 1. The van der Waals surface area contributed by atoms with E-state index in [1.165, 1.54) is 11.0 Å². The van der Waals surface area contributed by atoms with Crippen molar-refractivity contribution in [2.45, 2.75) is 24.3 Å². The first-order chi connectivity index (χ1) is 8.88. The van der Waals surface area contributed by atoms with Crippen molar-refractivity contribution < 1.29 is 18.3 Å². The monoisotopic (exact) mass is 282 g/mol. The quantitative estimate of drug-likeness (QED) is 0.891. The van der Waals surface area contributed by atoms with Crippen LogP contribution in [0.25, 0.3) is 0 Å².